The van der Waals surface area contributed by atoms with Crippen LogP contribution in [0.3, 0.4) is 0 Å². The van der Waals surface area contributed by atoms with Gasteiger partial charge in [-0.15, -0.1) is 0 Å². The van der Waals surface area contributed by atoms with Crippen LogP contribution in [-0.4, -0.2) is 65.5 Å². The number of hydrogen-bond donors (Lipinski definition) is 1. The molecule has 0 spiro atoms. The molecule has 1 amide bonds. The summed E-state index contributed by atoms with van der Waals surface area (Å²) < 4.78 is 42.5. The fourth-order valence-corrected chi connectivity index (χ4v) is 6.85. The summed E-state index contributed by atoms with van der Waals surface area (Å²) in [5.41, 5.74) is 4.28. The Balaban J connectivity index is 1.35. The van der Waals surface area contributed by atoms with Crippen LogP contribution < -0.4 is 14.8 Å². The van der Waals surface area contributed by atoms with Crippen molar-refractivity contribution in [3.8, 4) is 22.6 Å². The number of nitrogens with zero attached hydrogens (tertiary/aromatic N) is 1. The lowest BCUT2D eigenvalue weighted by Gasteiger charge is -2.31. The van der Waals surface area contributed by atoms with Crippen molar-refractivity contribution in [2.24, 2.45) is 0 Å². The van der Waals surface area contributed by atoms with Crippen molar-refractivity contribution in [3.63, 3.8) is 0 Å². The third-order valence-corrected chi connectivity index (χ3v) is 9.57. The molecule has 1 N–H and O–H groups in total. The summed E-state index contributed by atoms with van der Waals surface area (Å²) in [4.78, 5) is 15.9. The number of benzene rings is 3. The number of carbonyl (C=O) groups is 1. The average molecular weight is 577 g/mol. The highest BCUT2D eigenvalue weighted by molar-refractivity contribution is 7.91. The monoisotopic (exact) mass is 576 g/mol. The van der Waals surface area contributed by atoms with Gasteiger partial charge in [-0.2, -0.15) is 0 Å². The number of rotatable bonds is 8. The van der Waals surface area contributed by atoms with Gasteiger partial charge in [-0.05, 0) is 85.5 Å². The minimum absolute atomic E-state index is 0.123. The van der Waals surface area contributed by atoms with Gasteiger partial charge in [-0.3, -0.25) is 9.69 Å². The molecule has 0 bridgehead atoms. The fourth-order valence-electron chi connectivity index (χ4n) is 5.39. The Morgan fingerprint density at radius 1 is 1.00 bits per heavy atom. The lowest BCUT2D eigenvalue weighted by Crippen LogP contribution is -2.36. The van der Waals surface area contributed by atoms with E-state index < -0.39 is 9.84 Å². The van der Waals surface area contributed by atoms with E-state index in [0.717, 1.165) is 49.3 Å². The maximum Gasteiger partial charge on any atom is 0.251 e. The number of anilines is 1. The average Bonchev–Trinajstić information content (AvgIpc) is 3.13. The van der Waals surface area contributed by atoms with Crippen molar-refractivity contribution < 1.29 is 27.4 Å². The largest absolute Gasteiger partial charge is 0.497 e. The third kappa shape index (κ3) is 6.64. The van der Waals surface area contributed by atoms with Gasteiger partial charge in [0.25, 0.3) is 5.91 Å². The van der Waals surface area contributed by atoms with Gasteiger partial charge in [0, 0.05) is 48.7 Å². The molecule has 0 aromatic heterocycles. The summed E-state index contributed by atoms with van der Waals surface area (Å²) in [6.07, 6.45) is 3.88. The molecule has 216 valence electrons. The Bertz CT molecular complexity index is 1540. The first kappa shape index (κ1) is 28.9. The van der Waals surface area contributed by atoms with E-state index in [4.69, 9.17) is 14.2 Å². The summed E-state index contributed by atoms with van der Waals surface area (Å²) in [5.74, 6) is 0.806. The molecule has 0 unspecified atom stereocenters. The summed E-state index contributed by atoms with van der Waals surface area (Å²) in [6.45, 7) is 2.43. The first-order valence-corrected chi connectivity index (χ1v) is 15.4. The second-order valence-electron chi connectivity index (χ2n) is 10.5. The van der Waals surface area contributed by atoms with Crippen LogP contribution in [0.25, 0.3) is 17.2 Å². The van der Waals surface area contributed by atoms with Gasteiger partial charge < -0.3 is 19.5 Å². The number of nitrogens with one attached hydrogen (secondary N) is 1. The van der Waals surface area contributed by atoms with E-state index in [-0.39, 0.29) is 23.0 Å². The third-order valence-electron chi connectivity index (χ3n) is 7.78. The van der Waals surface area contributed by atoms with Gasteiger partial charge in [-0.1, -0.05) is 18.2 Å². The Kier molecular flexibility index (Phi) is 8.77. The molecule has 3 aromatic carbocycles. The van der Waals surface area contributed by atoms with Crippen molar-refractivity contribution in [3.05, 3.63) is 77.4 Å². The van der Waals surface area contributed by atoms with Crippen LogP contribution >= 0.6 is 0 Å². The van der Waals surface area contributed by atoms with Gasteiger partial charge in [0.1, 0.15) is 11.5 Å². The van der Waals surface area contributed by atoms with Crippen LogP contribution in [0, 0.1) is 0 Å². The van der Waals surface area contributed by atoms with Gasteiger partial charge >= 0.3 is 0 Å². The first-order chi connectivity index (χ1) is 19.8. The van der Waals surface area contributed by atoms with E-state index >= 15 is 0 Å². The number of methoxy groups -OCH3 is 2. The lowest BCUT2D eigenvalue weighted by molar-refractivity contribution is -0.112. The predicted molar refractivity (Wildman–Crippen MR) is 160 cm³/mol. The van der Waals surface area contributed by atoms with E-state index in [1.807, 2.05) is 36.4 Å². The molecule has 9 heteroatoms. The molecule has 8 nitrogen and oxygen atoms in total. The van der Waals surface area contributed by atoms with Crippen LogP contribution in [0.15, 0.2) is 71.1 Å². The van der Waals surface area contributed by atoms with E-state index in [1.165, 1.54) is 0 Å². The van der Waals surface area contributed by atoms with E-state index in [9.17, 15) is 13.2 Å². The van der Waals surface area contributed by atoms with Crippen LogP contribution in [0.5, 0.6) is 11.5 Å². The number of amides is 1. The van der Waals surface area contributed by atoms with Gasteiger partial charge in [-0.25, -0.2) is 8.42 Å². The lowest BCUT2D eigenvalue weighted by atomic mass is 10.00. The molecule has 2 aliphatic heterocycles. The summed E-state index contributed by atoms with van der Waals surface area (Å²) in [5, 5.41) is 2.95. The van der Waals surface area contributed by atoms with Crippen molar-refractivity contribution in [1.82, 2.24) is 4.90 Å². The van der Waals surface area contributed by atoms with Crippen molar-refractivity contribution >= 4 is 27.5 Å². The van der Waals surface area contributed by atoms with E-state index in [0.29, 0.717) is 34.4 Å². The number of carbonyl (C=O) groups excluding carboxylic acids is 1. The second kappa shape index (κ2) is 12.5. The highest BCUT2D eigenvalue weighted by atomic mass is 32.2. The highest BCUT2D eigenvalue weighted by Gasteiger charge is 2.26. The summed E-state index contributed by atoms with van der Waals surface area (Å²) >= 11 is 0. The molecule has 1 saturated heterocycles. The molecule has 3 aromatic rings. The Morgan fingerprint density at radius 3 is 2.46 bits per heavy atom. The zero-order valence-electron chi connectivity index (χ0n) is 23.7. The minimum Gasteiger partial charge on any atom is -0.497 e. The molecule has 1 fully saturated rings. The molecule has 5 rings (SSSR count). The second-order valence-corrected chi connectivity index (χ2v) is 12.5. The zero-order chi connectivity index (χ0) is 29.0. The molecule has 41 heavy (non-hydrogen) atoms. The zero-order valence-corrected chi connectivity index (χ0v) is 24.5. The Labute approximate surface area is 241 Å². The van der Waals surface area contributed by atoms with Crippen molar-refractivity contribution in [2.75, 3.05) is 45.6 Å². The number of sulfone groups is 1. The Hall–Kier alpha value is -3.66. The number of fused-ring (bicyclic) bond motifs is 1. The maximum atomic E-state index is 13.3. The summed E-state index contributed by atoms with van der Waals surface area (Å²) in [7, 11) is 1.72. The van der Waals surface area contributed by atoms with Gasteiger partial charge in [0.2, 0.25) is 0 Å². The van der Waals surface area contributed by atoms with Crippen LogP contribution in [0.4, 0.5) is 5.69 Å². The van der Waals surface area contributed by atoms with Crippen LogP contribution in [-0.2, 0) is 25.9 Å². The molecule has 2 heterocycles. The smallest absolute Gasteiger partial charge is 0.251 e. The molecule has 0 atom stereocenters. The fraction of sp³-hybridized carbons (Fsp3) is 0.344. The standard InChI is InChI=1S/C32H36N2O6S/c1-34(27-12-15-40-16-13-27)21-22-4-7-26(8-5-22)33-32(35)24-14-17-41(36,37)31-11-6-23(18-25(31)19-24)29-10-9-28(38-2)20-30(29)39-3/h4-11,18-20,27H,12-17,21H2,1-3H3,(H,33,35). The first-order valence-electron chi connectivity index (χ1n) is 13.8. The molecular formula is C32H36N2O6S. The molecular weight excluding hydrogens is 540 g/mol. The molecule has 0 saturated carbocycles. The molecule has 0 aliphatic carbocycles. The van der Waals surface area contributed by atoms with Crippen LogP contribution in [0.1, 0.15) is 30.4 Å². The topological polar surface area (TPSA) is 94.2 Å². The number of hydrogen-bond acceptors (Lipinski definition) is 7. The maximum absolute atomic E-state index is 13.3. The van der Waals surface area contributed by atoms with Crippen molar-refractivity contribution in [2.45, 2.75) is 36.7 Å². The molecule has 0 radical (unpaired) electrons. The van der Waals surface area contributed by atoms with Gasteiger partial charge in [0.15, 0.2) is 9.84 Å². The van der Waals surface area contributed by atoms with E-state index in [2.05, 4.69) is 17.3 Å². The van der Waals surface area contributed by atoms with Gasteiger partial charge in [0.05, 0.1) is 24.9 Å². The van der Waals surface area contributed by atoms with Crippen LogP contribution in [0.2, 0.25) is 0 Å². The highest BCUT2D eigenvalue weighted by Crippen LogP contribution is 2.36. The summed E-state index contributed by atoms with van der Waals surface area (Å²) in [6, 6.07) is 19.0. The Morgan fingerprint density at radius 2 is 1.76 bits per heavy atom. The quantitative estimate of drug-likeness (QED) is 0.395. The normalized spacial score (nSPS) is 16.8. The minimum atomic E-state index is -3.57. The molecule has 2 aliphatic rings. The predicted octanol–water partition coefficient (Wildman–Crippen LogP) is 5.18. The SMILES string of the molecule is COc1ccc(-c2ccc3c(c2)C=C(C(=O)Nc2ccc(CN(C)C4CCOCC4)cc2)CCS3(=O)=O)c(OC)c1. The van der Waals surface area contributed by atoms with E-state index in [1.54, 1.807) is 44.6 Å². The number of ether oxygens (including phenoxy) is 3. The van der Waals surface area contributed by atoms with Crippen molar-refractivity contribution in [1.29, 1.82) is 0 Å².